The second kappa shape index (κ2) is 21.0. The molecule has 3 N–H and O–H groups in total. The van der Waals surface area contributed by atoms with Gasteiger partial charge in [0.15, 0.2) is 0 Å². The number of phenolic OH excluding ortho intramolecular Hbond substituents is 1. The molecule has 382 valence electrons. The summed E-state index contributed by atoms with van der Waals surface area (Å²) in [7, 11) is 3.28. The monoisotopic (exact) mass is 985 g/mol. The summed E-state index contributed by atoms with van der Waals surface area (Å²) in [4.78, 5) is 81.1. The number of hydrogen-bond acceptors (Lipinski definition) is 12. The van der Waals surface area contributed by atoms with E-state index in [0.29, 0.717) is 63.2 Å². The van der Waals surface area contributed by atoms with Crippen LogP contribution in [-0.4, -0.2) is 155 Å². The molecular formula is C55H68N8O9. The standard InChI is InChI=1S/C55H68N8O9/c1-8-62-43-16-15-35-30-40(43)45-46(50(70-7)47-39(49(45)62)12-9-18-56-47)55(4,5)32-72-54(69)41-13-10-20-63(58-41)53(68)42(28-34-26-37(35)29-38(64)27-34)57-51(66)48(33(2)3)59(6)52(67)36-17-21-61(31-36)44(65)14-11-19-60-22-24-71-25-23-60/h9,12,15-16,18,26-27,29-30,33,36,41-42,46,48,50,58,64H,8,10,13,17,19-25,28,31-32H2,1-7H3,(H,57,66)/t36-,41-,42?,46?,48-,50-/m0/s1. The minimum atomic E-state index is -1.18. The highest BCUT2D eigenvalue weighted by molar-refractivity contribution is 5.98. The van der Waals surface area contributed by atoms with E-state index in [1.165, 1.54) is 9.91 Å². The van der Waals surface area contributed by atoms with E-state index in [0.717, 1.165) is 52.1 Å². The van der Waals surface area contributed by atoms with Crippen molar-refractivity contribution in [1.82, 2.24) is 40.0 Å². The molecule has 0 saturated carbocycles. The molecule has 1 aliphatic carbocycles. The number of likely N-dealkylation sites (N-methyl/N-ethyl adjacent to an activating group) is 1. The number of cyclic esters (lactones) is 1. The SMILES string of the molecule is CCn1c2c3c4cc(ccc41)-c1cc(O)cc(c1)CC(NC(=O)[C@H](C(C)C)N(C)C(=O)[C@H]1CCN(C(=O)C#CCN4CCOCC4)C1)C(=O)N1CCC[C@H](N1)C(=O)OCC(C)(C)C3[C@H](OC)c1ncccc1-2. The number of fused-ring (bicyclic) bond motifs is 8. The van der Waals surface area contributed by atoms with E-state index < -0.39 is 53.3 Å². The number of aryl methyl sites for hydroxylation is 1. The van der Waals surface area contributed by atoms with Gasteiger partial charge >= 0.3 is 5.97 Å². The molecule has 6 heterocycles. The number of carbonyl (C=O) groups is 5. The lowest BCUT2D eigenvalue weighted by Crippen LogP contribution is -2.62. The van der Waals surface area contributed by atoms with Crippen LogP contribution in [0.15, 0.2) is 54.7 Å². The van der Waals surface area contributed by atoms with Crippen LogP contribution in [0.1, 0.15) is 82.7 Å². The summed E-state index contributed by atoms with van der Waals surface area (Å²) in [6, 6.07) is 12.5. The average Bonchev–Trinajstić information content (AvgIpc) is 4.00. The zero-order valence-corrected chi connectivity index (χ0v) is 42.5. The highest BCUT2D eigenvalue weighted by Crippen LogP contribution is 2.57. The number of aromatic nitrogens is 2. The number of hydrogen-bond donors (Lipinski definition) is 3. The molecule has 6 atom stereocenters. The highest BCUT2D eigenvalue weighted by Gasteiger charge is 2.48. The van der Waals surface area contributed by atoms with Crippen LogP contribution in [0, 0.1) is 29.1 Å². The number of morpholine rings is 1. The predicted octanol–water partition coefficient (Wildman–Crippen LogP) is 4.65. The number of nitrogens with zero attached hydrogens (tertiary/aromatic N) is 6. The number of carbonyl (C=O) groups excluding carboxylic acids is 5. The van der Waals surface area contributed by atoms with Crippen LogP contribution in [-0.2, 0) is 51.1 Å². The number of nitrogens with one attached hydrogen (secondary N) is 2. The number of pyridine rings is 1. The minimum absolute atomic E-state index is 0.0161. The van der Waals surface area contributed by atoms with Gasteiger partial charge in [-0.2, -0.15) is 0 Å². The van der Waals surface area contributed by atoms with E-state index in [1.54, 1.807) is 37.4 Å². The Morgan fingerprint density at radius 1 is 1.04 bits per heavy atom. The van der Waals surface area contributed by atoms with Gasteiger partial charge in [-0.05, 0) is 96.7 Å². The Labute approximate surface area is 421 Å². The maximum atomic E-state index is 14.9. The Balaban J connectivity index is 1.04. The summed E-state index contributed by atoms with van der Waals surface area (Å²) in [5.74, 6) is 2.34. The molecule has 4 aliphatic heterocycles. The number of methoxy groups -OCH3 is 1. The van der Waals surface area contributed by atoms with Gasteiger partial charge in [-0.15, -0.1) is 0 Å². The van der Waals surface area contributed by atoms with Crippen molar-refractivity contribution in [2.24, 2.45) is 17.3 Å². The van der Waals surface area contributed by atoms with Crippen LogP contribution in [0.25, 0.3) is 33.3 Å². The second-order valence-corrected chi connectivity index (χ2v) is 20.9. The van der Waals surface area contributed by atoms with Crippen molar-refractivity contribution in [2.45, 2.75) is 97.0 Å². The molecule has 4 amide bonds. The smallest absolute Gasteiger partial charge is 0.324 e. The van der Waals surface area contributed by atoms with Gasteiger partial charge in [-0.1, -0.05) is 45.7 Å². The van der Waals surface area contributed by atoms with Crippen molar-refractivity contribution >= 4 is 40.5 Å². The number of ether oxygens (including phenoxy) is 3. The summed E-state index contributed by atoms with van der Waals surface area (Å²) in [6.45, 7) is 14.7. The average molecular weight is 985 g/mol. The molecule has 5 aliphatic rings. The Morgan fingerprint density at radius 3 is 2.58 bits per heavy atom. The molecule has 4 aromatic rings. The summed E-state index contributed by atoms with van der Waals surface area (Å²) in [5.41, 5.74) is 9.46. The highest BCUT2D eigenvalue weighted by atomic mass is 16.5. The molecule has 17 nitrogen and oxygen atoms in total. The molecular weight excluding hydrogens is 917 g/mol. The van der Waals surface area contributed by atoms with Gasteiger partial charge in [0.05, 0.1) is 43.7 Å². The van der Waals surface area contributed by atoms with Crippen molar-refractivity contribution in [2.75, 3.05) is 73.2 Å². The first-order chi connectivity index (χ1) is 34.6. The zero-order chi connectivity index (χ0) is 51.0. The number of likely N-dealkylation sites (tertiary alicyclic amines) is 1. The molecule has 6 bridgehead atoms. The fraction of sp³-hybridized carbons (Fsp3) is 0.527. The molecule has 9 rings (SSSR count). The van der Waals surface area contributed by atoms with Crippen molar-refractivity contribution < 1.29 is 43.3 Å². The number of esters is 1. The minimum Gasteiger partial charge on any atom is -0.508 e. The van der Waals surface area contributed by atoms with Crippen molar-refractivity contribution in [3.8, 4) is 40.0 Å². The molecule has 2 aromatic heterocycles. The van der Waals surface area contributed by atoms with Crippen molar-refractivity contribution in [1.29, 1.82) is 0 Å². The summed E-state index contributed by atoms with van der Waals surface area (Å²) < 4.78 is 20.3. The van der Waals surface area contributed by atoms with Crippen molar-refractivity contribution in [3.63, 3.8) is 0 Å². The number of rotatable bonds is 8. The molecule has 0 spiro atoms. The first-order valence-corrected chi connectivity index (χ1v) is 25.4. The molecule has 0 radical (unpaired) electrons. The van der Waals surface area contributed by atoms with Crippen LogP contribution in [0.3, 0.4) is 0 Å². The normalized spacial score (nSPS) is 23.6. The third-order valence-corrected chi connectivity index (χ3v) is 15.3. The molecule has 3 fully saturated rings. The van der Waals surface area contributed by atoms with E-state index in [9.17, 15) is 29.1 Å². The van der Waals surface area contributed by atoms with E-state index in [2.05, 4.69) is 71.0 Å². The molecule has 3 saturated heterocycles. The molecule has 72 heavy (non-hydrogen) atoms. The first-order valence-electron chi connectivity index (χ1n) is 25.4. The van der Waals surface area contributed by atoms with Gasteiger partial charge in [0.2, 0.25) is 11.8 Å². The number of amides is 4. The van der Waals surface area contributed by atoms with Crippen LogP contribution >= 0.6 is 0 Å². The summed E-state index contributed by atoms with van der Waals surface area (Å²) in [5, 5.41) is 16.8. The van der Waals surface area contributed by atoms with E-state index in [4.69, 9.17) is 19.2 Å². The van der Waals surface area contributed by atoms with Gasteiger partial charge in [-0.25, -0.2) is 5.43 Å². The van der Waals surface area contributed by atoms with E-state index in [-0.39, 0.29) is 55.5 Å². The predicted molar refractivity (Wildman–Crippen MR) is 270 cm³/mol. The van der Waals surface area contributed by atoms with Crippen LogP contribution in [0.2, 0.25) is 0 Å². The lowest BCUT2D eigenvalue weighted by Gasteiger charge is -2.42. The second-order valence-electron chi connectivity index (χ2n) is 20.9. The maximum absolute atomic E-state index is 14.9. The van der Waals surface area contributed by atoms with Crippen LogP contribution < -0.4 is 10.7 Å². The van der Waals surface area contributed by atoms with Gasteiger partial charge < -0.3 is 39.0 Å². The lowest BCUT2D eigenvalue weighted by atomic mass is 9.67. The fourth-order valence-corrected chi connectivity index (χ4v) is 11.7. The fourth-order valence-electron chi connectivity index (χ4n) is 11.7. The zero-order valence-electron chi connectivity index (χ0n) is 42.5. The first kappa shape index (κ1) is 50.6. The number of phenols is 1. The van der Waals surface area contributed by atoms with Crippen molar-refractivity contribution in [3.05, 3.63) is 71.5 Å². The lowest BCUT2D eigenvalue weighted by molar-refractivity contribution is -0.156. The van der Waals surface area contributed by atoms with Gasteiger partial charge in [0.25, 0.3) is 11.8 Å². The van der Waals surface area contributed by atoms with Gasteiger partial charge in [0.1, 0.15) is 30.0 Å². The molecule has 17 heteroatoms. The topological polar surface area (TPSA) is 188 Å². The summed E-state index contributed by atoms with van der Waals surface area (Å²) in [6.07, 6.45) is 2.62. The van der Waals surface area contributed by atoms with E-state index in [1.807, 2.05) is 32.0 Å². The third-order valence-electron chi connectivity index (χ3n) is 15.3. The Hall–Kier alpha value is -6.32. The Bertz CT molecular complexity index is 2810. The molecule has 2 unspecified atom stereocenters. The van der Waals surface area contributed by atoms with Gasteiger partial charge in [0, 0.05) is 93.8 Å². The van der Waals surface area contributed by atoms with Gasteiger partial charge in [-0.3, -0.25) is 38.9 Å². The number of benzene rings is 2. The number of hydrazine groups is 1. The van der Waals surface area contributed by atoms with Crippen LogP contribution in [0.4, 0.5) is 0 Å². The third kappa shape index (κ3) is 9.94. The molecule has 2 aromatic carbocycles. The summed E-state index contributed by atoms with van der Waals surface area (Å²) >= 11 is 0. The van der Waals surface area contributed by atoms with E-state index >= 15 is 0 Å². The quantitative estimate of drug-likeness (QED) is 0.164. The maximum Gasteiger partial charge on any atom is 0.324 e. The number of aromatic hydroxyl groups is 1. The van der Waals surface area contributed by atoms with Crippen LogP contribution in [0.5, 0.6) is 5.75 Å². The largest absolute Gasteiger partial charge is 0.508 e. The Kier molecular flexibility index (Phi) is 14.8. The Morgan fingerprint density at radius 2 is 1.83 bits per heavy atom.